The highest BCUT2D eigenvalue weighted by atomic mass is 35.5. The van der Waals surface area contributed by atoms with Crippen LogP contribution in [0.15, 0.2) is 18.2 Å². The summed E-state index contributed by atoms with van der Waals surface area (Å²) < 4.78 is 0. The summed E-state index contributed by atoms with van der Waals surface area (Å²) in [5.41, 5.74) is 1.20. The summed E-state index contributed by atoms with van der Waals surface area (Å²) in [5, 5.41) is 4.85. The van der Waals surface area contributed by atoms with Gasteiger partial charge in [0.2, 0.25) is 0 Å². The first-order valence-electron chi connectivity index (χ1n) is 4.45. The number of hydrogen-bond acceptors (Lipinski definition) is 1. The Kier molecular flexibility index (Phi) is 2.77. The minimum Gasteiger partial charge on any atom is -0.310 e. The summed E-state index contributed by atoms with van der Waals surface area (Å²) in [5.74, 6) is 0. The molecule has 1 nitrogen and oxygen atoms in total. The first kappa shape index (κ1) is 9.32. The maximum absolute atomic E-state index is 5.92. The van der Waals surface area contributed by atoms with Crippen LogP contribution in [0.3, 0.4) is 0 Å². The van der Waals surface area contributed by atoms with E-state index in [1.54, 1.807) is 6.07 Å². The summed E-state index contributed by atoms with van der Waals surface area (Å²) in [6.45, 7) is 1.09. The molecule has 2 rings (SSSR count). The van der Waals surface area contributed by atoms with Gasteiger partial charge in [-0.05, 0) is 43.1 Å². The SMILES string of the molecule is Clc1cc(Cl)cc([C@H]2CCCN2)c1. The van der Waals surface area contributed by atoms with Crippen molar-refractivity contribution in [1.82, 2.24) is 5.32 Å². The third-order valence-electron chi connectivity index (χ3n) is 2.35. The Morgan fingerprint density at radius 1 is 1.15 bits per heavy atom. The third-order valence-corrected chi connectivity index (χ3v) is 2.78. The number of rotatable bonds is 1. The lowest BCUT2D eigenvalue weighted by molar-refractivity contribution is 0.648. The van der Waals surface area contributed by atoms with Crippen molar-refractivity contribution in [2.45, 2.75) is 18.9 Å². The Labute approximate surface area is 88.0 Å². The molecule has 1 aromatic rings. The molecule has 1 aromatic carbocycles. The van der Waals surface area contributed by atoms with E-state index in [9.17, 15) is 0 Å². The molecule has 1 N–H and O–H groups in total. The quantitative estimate of drug-likeness (QED) is 0.758. The number of halogens is 2. The first-order valence-corrected chi connectivity index (χ1v) is 5.21. The maximum Gasteiger partial charge on any atom is 0.0424 e. The Bertz CT molecular complexity index is 286. The summed E-state index contributed by atoms with van der Waals surface area (Å²) in [6.07, 6.45) is 2.41. The van der Waals surface area contributed by atoms with E-state index < -0.39 is 0 Å². The van der Waals surface area contributed by atoms with Crippen molar-refractivity contribution in [3.05, 3.63) is 33.8 Å². The monoisotopic (exact) mass is 215 g/mol. The molecule has 0 spiro atoms. The minimum absolute atomic E-state index is 0.441. The molecule has 0 aliphatic carbocycles. The zero-order chi connectivity index (χ0) is 9.26. The zero-order valence-electron chi connectivity index (χ0n) is 7.19. The maximum atomic E-state index is 5.92. The van der Waals surface area contributed by atoms with Gasteiger partial charge in [-0.15, -0.1) is 0 Å². The van der Waals surface area contributed by atoms with Gasteiger partial charge in [-0.1, -0.05) is 23.2 Å². The molecule has 0 amide bonds. The molecule has 1 atom stereocenters. The van der Waals surface area contributed by atoms with E-state index in [0.29, 0.717) is 6.04 Å². The molecule has 1 fully saturated rings. The molecule has 3 heteroatoms. The predicted molar refractivity (Wildman–Crippen MR) is 56.4 cm³/mol. The van der Waals surface area contributed by atoms with Crippen LogP contribution in [0.25, 0.3) is 0 Å². The minimum atomic E-state index is 0.441. The predicted octanol–water partition coefficient (Wildman–Crippen LogP) is 3.42. The van der Waals surface area contributed by atoms with Crippen molar-refractivity contribution < 1.29 is 0 Å². The highest BCUT2D eigenvalue weighted by molar-refractivity contribution is 6.34. The molecule has 70 valence electrons. The van der Waals surface area contributed by atoms with Gasteiger partial charge in [-0.25, -0.2) is 0 Å². The van der Waals surface area contributed by atoms with Crippen LogP contribution >= 0.6 is 23.2 Å². The highest BCUT2D eigenvalue weighted by Gasteiger charge is 2.16. The first-order chi connectivity index (χ1) is 6.25. The molecule has 1 aliphatic heterocycles. The molecule has 13 heavy (non-hydrogen) atoms. The highest BCUT2D eigenvalue weighted by Crippen LogP contribution is 2.28. The van der Waals surface area contributed by atoms with Gasteiger partial charge in [-0.3, -0.25) is 0 Å². The molecule has 0 saturated carbocycles. The van der Waals surface area contributed by atoms with Crippen molar-refractivity contribution in [3.63, 3.8) is 0 Å². The van der Waals surface area contributed by atoms with E-state index in [1.807, 2.05) is 12.1 Å². The fourth-order valence-electron chi connectivity index (χ4n) is 1.75. The summed E-state index contributed by atoms with van der Waals surface area (Å²) in [6, 6.07) is 6.17. The molecular weight excluding hydrogens is 205 g/mol. The third kappa shape index (κ3) is 2.16. The molecule has 0 unspecified atom stereocenters. The summed E-state index contributed by atoms with van der Waals surface area (Å²) in [7, 11) is 0. The van der Waals surface area contributed by atoms with Gasteiger partial charge in [0.15, 0.2) is 0 Å². The summed E-state index contributed by atoms with van der Waals surface area (Å²) >= 11 is 11.8. The van der Waals surface area contributed by atoms with Gasteiger partial charge in [0.05, 0.1) is 0 Å². The average molecular weight is 216 g/mol. The fourth-order valence-corrected chi connectivity index (χ4v) is 2.29. The normalized spacial score (nSPS) is 22.2. The van der Waals surface area contributed by atoms with Crippen LogP contribution in [-0.2, 0) is 0 Å². The molecule has 0 aromatic heterocycles. The smallest absolute Gasteiger partial charge is 0.0424 e. The van der Waals surface area contributed by atoms with Crippen LogP contribution in [0.2, 0.25) is 10.0 Å². The van der Waals surface area contributed by atoms with E-state index in [1.165, 1.54) is 18.4 Å². The zero-order valence-corrected chi connectivity index (χ0v) is 8.70. The molecule has 1 aliphatic rings. The molecule has 0 radical (unpaired) electrons. The Morgan fingerprint density at radius 2 is 1.85 bits per heavy atom. The lowest BCUT2D eigenvalue weighted by Crippen LogP contribution is -2.12. The average Bonchev–Trinajstić information content (AvgIpc) is 2.53. The second-order valence-corrected chi connectivity index (χ2v) is 4.22. The Balaban J connectivity index is 2.28. The lowest BCUT2D eigenvalue weighted by Gasteiger charge is -2.11. The second-order valence-electron chi connectivity index (χ2n) is 3.35. The van der Waals surface area contributed by atoms with Crippen LogP contribution in [0, 0.1) is 0 Å². The van der Waals surface area contributed by atoms with E-state index >= 15 is 0 Å². The molecule has 1 saturated heterocycles. The number of hydrogen-bond donors (Lipinski definition) is 1. The molecule has 0 bridgehead atoms. The van der Waals surface area contributed by atoms with Gasteiger partial charge in [0, 0.05) is 16.1 Å². The van der Waals surface area contributed by atoms with Gasteiger partial charge < -0.3 is 5.32 Å². The van der Waals surface area contributed by atoms with Gasteiger partial charge in [0.1, 0.15) is 0 Å². The van der Waals surface area contributed by atoms with Crippen LogP contribution in [-0.4, -0.2) is 6.54 Å². The lowest BCUT2D eigenvalue weighted by atomic mass is 10.1. The fraction of sp³-hybridized carbons (Fsp3) is 0.400. The Morgan fingerprint density at radius 3 is 2.38 bits per heavy atom. The van der Waals surface area contributed by atoms with Crippen LogP contribution in [0.4, 0.5) is 0 Å². The van der Waals surface area contributed by atoms with Gasteiger partial charge in [0.25, 0.3) is 0 Å². The largest absolute Gasteiger partial charge is 0.310 e. The van der Waals surface area contributed by atoms with Crippen LogP contribution in [0.1, 0.15) is 24.4 Å². The van der Waals surface area contributed by atoms with E-state index in [4.69, 9.17) is 23.2 Å². The second kappa shape index (κ2) is 3.87. The van der Waals surface area contributed by atoms with E-state index in [0.717, 1.165) is 16.6 Å². The Hall–Kier alpha value is -0.240. The standard InChI is InChI=1S/C10H11Cl2N/c11-8-4-7(5-9(12)6-8)10-2-1-3-13-10/h4-6,10,13H,1-3H2/t10-/m1/s1. The van der Waals surface area contributed by atoms with Crippen molar-refractivity contribution >= 4 is 23.2 Å². The van der Waals surface area contributed by atoms with Crippen molar-refractivity contribution in [1.29, 1.82) is 0 Å². The summed E-state index contributed by atoms with van der Waals surface area (Å²) in [4.78, 5) is 0. The van der Waals surface area contributed by atoms with Gasteiger partial charge >= 0.3 is 0 Å². The van der Waals surface area contributed by atoms with Crippen molar-refractivity contribution in [2.75, 3.05) is 6.54 Å². The van der Waals surface area contributed by atoms with Crippen molar-refractivity contribution in [3.8, 4) is 0 Å². The van der Waals surface area contributed by atoms with E-state index in [-0.39, 0.29) is 0 Å². The number of nitrogens with one attached hydrogen (secondary N) is 1. The van der Waals surface area contributed by atoms with Crippen LogP contribution in [0.5, 0.6) is 0 Å². The molecule has 1 heterocycles. The topological polar surface area (TPSA) is 12.0 Å². The van der Waals surface area contributed by atoms with Gasteiger partial charge in [-0.2, -0.15) is 0 Å². The molecular formula is C10H11Cl2N. The van der Waals surface area contributed by atoms with E-state index in [2.05, 4.69) is 5.32 Å². The van der Waals surface area contributed by atoms with Crippen LogP contribution < -0.4 is 5.32 Å². The van der Waals surface area contributed by atoms with Crippen molar-refractivity contribution in [2.24, 2.45) is 0 Å². The number of benzene rings is 1.